The predicted molar refractivity (Wildman–Crippen MR) is 86.0 cm³/mol. The van der Waals surface area contributed by atoms with E-state index in [1.54, 1.807) is 0 Å². The van der Waals surface area contributed by atoms with Gasteiger partial charge < -0.3 is 10.2 Å². The van der Waals surface area contributed by atoms with Crippen LogP contribution in [0.3, 0.4) is 0 Å². The number of fused-ring (bicyclic) bond motifs is 2. The van der Waals surface area contributed by atoms with Crippen LogP contribution in [0.2, 0.25) is 0 Å². The molecule has 3 nitrogen and oxygen atoms in total. The van der Waals surface area contributed by atoms with E-state index in [-0.39, 0.29) is 0 Å². The highest BCUT2D eigenvalue weighted by Crippen LogP contribution is 2.36. The maximum atomic E-state index is 12.6. The van der Waals surface area contributed by atoms with Crippen molar-refractivity contribution < 1.29 is 4.79 Å². The van der Waals surface area contributed by atoms with Crippen LogP contribution in [0, 0.1) is 17.3 Å². The maximum Gasteiger partial charge on any atom is 0.222 e. The van der Waals surface area contributed by atoms with Crippen molar-refractivity contribution in [1.29, 1.82) is 0 Å². The van der Waals surface area contributed by atoms with Crippen molar-refractivity contribution in [2.24, 2.45) is 17.3 Å². The monoisotopic (exact) mass is 292 g/mol. The minimum atomic E-state index is 0.392. The molecule has 2 atom stereocenters. The Bertz CT molecular complexity index is 367. The molecule has 3 aliphatic heterocycles. The zero-order valence-corrected chi connectivity index (χ0v) is 14.0. The number of nitrogens with zero attached hydrogens (tertiary/aromatic N) is 1. The van der Waals surface area contributed by atoms with Crippen LogP contribution < -0.4 is 5.32 Å². The van der Waals surface area contributed by atoms with E-state index in [4.69, 9.17) is 0 Å². The second-order valence-electron chi connectivity index (χ2n) is 8.70. The van der Waals surface area contributed by atoms with E-state index in [0.717, 1.165) is 25.4 Å². The van der Waals surface area contributed by atoms with Crippen molar-refractivity contribution in [3.8, 4) is 0 Å². The van der Waals surface area contributed by atoms with Gasteiger partial charge in [0.25, 0.3) is 0 Å². The molecule has 0 aromatic carbocycles. The zero-order valence-electron chi connectivity index (χ0n) is 14.0. The van der Waals surface area contributed by atoms with Crippen molar-refractivity contribution in [3.63, 3.8) is 0 Å². The topological polar surface area (TPSA) is 32.3 Å². The number of hydrogen-bond acceptors (Lipinski definition) is 2. The van der Waals surface area contributed by atoms with Gasteiger partial charge in [-0.25, -0.2) is 0 Å². The molecule has 1 amide bonds. The van der Waals surface area contributed by atoms with E-state index >= 15 is 0 Å². The highest BCUT2D eigenvalue weighted by Gasteiger charge is 2.36. The minimum Gasteiger partial charge on any atom is -0.343 e. The molecule has 120 valence electrons. The standard InChI is InChI=1S/C18H32N2O/c1-18(2,3)14-6-8-20(9-7-14)17(21)12-13-10-15-4-5-16(11-13)19-15/h13-16,19H,4-12H2,1-3H3. The Hall–Kier alpha value is -0.570. The molecule has 3 heterocycles. The number of carbonyl (C=O) groups excluding carboxylic acids is 1. The van der Waals surface area contributed by atoms with Crippen LogP contribution >= 0.6 is 0 Å². The maximum absolute atomic E-state index is 12.6. The van der Waals surface area contributed by atoms with Crippen LogP contribution in [-0.4, -0.2) is 36.0 Å². The normalized spacial score (nSPS) is 34.2. The Morgan fingerprint density at radius 1 is 1.05 bits per heavy atom. The van der Waals surface area contributed by atoms with Crippen LogP contribution in [0.5, 0.6) is 0 Å². The first-order chi connectivity index (χ1) is 9.91. The number of piperidine rings is 2. The fraction of sp³-hybridized carbons (Fsp3) is 0.944. The first-order valence-corrected chi connectivity index (χ1v) is 8.95. The molecule has 3 rings (SSSR count). The van der Waals surface area contributed by atoms with Crippen molar-refractivity contribution in [2.75, 3.05) is 13.1 Å². The molecule has 0 saturated carbocycles. The van der Waals surface area contributed by atoms with Crippen LogP contribution in [0.15, 0.2) is 0 Å². The van der Waals surface area contributed by atoms with Gasteiger partial charge in [0.1, 0.15) is 0 Å². The molecule has 3 aliphatic rings. The average Bonchev–Trinajstić information content (AvgIpc) is 2.77. The summed E-state index contributed by atoms with van der Waals surface area (Å²) in [6.45, 7) is 8.97. The van der Waals surface area contributed by atoms with Gasteiger partial charge in [-0.1, -0.05) is 20.8 Å². The minimum absolute atomic E-state index is 0.392. The molecule has 21 heavy (non-hydrogen) atoms. The lowest BCUT2D eigenvalue weighted by molar-refractivity contribution is -0.134. The predicted octanol–water partition coefficient (Wildman–Crippen LogP) is 3.19. The van der Waals surface area contributed by atoms with Crippen molar-refractivity contribution >= 4 is 5.91 Å². The van der Waals surface area contributed by atoms with Gasteiger partial charge >= 0.3 is 0 Å². The summed E-state index contributed by atoms with van der Waals surface area (Å²) in [7, 11) is 0. The van der Waals surface area contributed by atoms with E-state index in [0.29, 0.717) is 29.3 Å². The van der Waals surface area contributed by atoms with Gasteiger partial charge in [-0.15, -0.1) is 0 Å². The first kappa shape index (κ1) is 15.3. The lowest BCUT2D eigenvalue weighted by atomic mass is 9.75. The summed E-state index contributed by atoms with van der Waals surface area (Å²) in [5.41, 5.74) is 0.392. The second-order valence-corrected chi connectivity index (χ2v) is 8.70. The number of likely N-dealkylation sites (tertiary alicyclic amines) is 1. The van der Waals surface area contributed by atoms with Crippen molar-refractivity contribution in [3.05, 3.63) is 0 Å². The molecule has 2 unspecified atom stereocenters. The average molecular weight is 292 g/mol. The van der Waals surface area contributed by atoms with Gasteiger partial charge in [-0.3, -0.25) is 4.79 Å². The lowest BCUT2D eigenvalue weighted by Crippen LogP contribution is -2.44. The molecule has 0 aromatic heterocycles. The van der Waals surface area contributed by atoms with E-state index in [9.17, 15) is 4.79 Å². The summed E-state index contributed by atoms with van der Waals surface area (Å²) >= 11 is 0. The summed E-state index contributed by atoms with van der Waals surface area (Å²) in [5, 5.41) is 3.67. The molecule has 3 saturated heterocycles. The Morgan fingerprint density at radius 3 is 2.14 bits per heavy atom. The lowest BCUT2D eigenvalue weighted by Gasteiger charge is -2.39. The number of hydrogen-bond donors (Lipinski definition) is 1. The van der Waals surface area contributed by atoms with Crippen LogP contribution in [0.25, 0.3) is 0 Å². The Morgan fingerprint density at radius 2 is 1.62 bits per heavy atom. The fourth-order valence-corrected chi connectivity index (χ4v) is 4.71. The van der Waals surface area contributed by atoms with Gasteiger partial charge in [-0.2, -0.15) is 0 Å². The van der Waals surface area contributed by atoms with Crippen molar-refractivity contribution in [2.45, 2.75) is 77.8 Å². The third kappa shape index (κ3) is 3.61. The summed E-state index contributed by atoms with van der Waals surface area (Å²) in [6, 6.07) is 1.40. The highest BCUT2D eigenvalue weighted by molar-refractivity contribution is 5.76. The number of amides is 1. The molecule has 3 heteroatoms. The smallest absolute Gasteiger partial charge is 0.222 e. The molecule has 2 bridgehead atoms. The van der Waals surface area contributed by atoms with Crippen LogP contribution in [0.4, 0.5) is 0 Å². The molecule has 1 N–H and O–H groups in total. The molecule has 0 radical (unpaired) electrons. The third-order valence-electron chi connectivity index (χ3n) is 6.11. The Labute approximate surface area is 129 Å². The van der Waals surface area contributed by atoms with E-state index in [1.165, 1.54) is 38.5 Å². The van der Waals surface area contributed by atoms with Gasteiger partial charge in [0.05, 0.1) is 0 Å². The molecule has 0 aliphatic carbocycles. The molecule has 0 spiro atoms. The second kappa shape index (κ2) is 5.91. The highest BCUT2D eigenvalue weighted by atomic mass is 16.2. The summed E-state index contributed by atoms with van der Waals surface area (Å²) in [5.74, 6) is 1.83. The van der Waals surface area contributed by atoms with Gasteiger partial charge in [0.15, 0.2) is 0 Å². The quantitative estimate of drug-likeness (QED) is 0.847. The summed E-state index contributed by atoms with van der Waals surface area (Å²) < 4.78 is 0. The third-order valence-corrected chi connectivity index (χ3v) is 6.11. The number of rotatable bonds is 2. The van der Waals surface area contributed by atoms with Gasteiger partial charge in [-0.05, 0) is 55.8 Å². The molecular formula is C18H32N2O. The molecule has 0 aromatic rings. The van der Waals surface area contributed by atoms with E-state index < -0.39 is 0 Å². The Kier molecular flexibility index (Phi) is 4.31. The van der Waals surface area contributed by atoms with Crippen molar-refractivity contribution in [1.82, 2.24) is 10.2 Å². The number of carbonyl (C=O) groups is 1. The van der Waals surface area contributed by atoms with E-state index in [2.05, 4.69) is 31.0 Å². The molecular weight excluding hydrogens is 260 g/mol. The SMILES string of the molecule is CC(C)(C)C1CCN(C(=O)CC2CC3CCC(C2)N3)CC1. The first-order valence-electron chi connectivity index (χ1n) is 8.95. The largest absolute Gasteiger partial charge is 0.343 e. The fourth-order valence-electron chi connectivity index (χ4n) is 4.71. The zero-order chi connectivity index (χ0) is 15.0. The number of nitrogens with one attached hydrogen (secondary N) is 1. The van der Waals surface area contributed by atoms with Gasteiger partial charge in [0, 0.05) is 31.6 Å². The molecule has 3 fully saturated rings. The summed E-state index contributed by atoms with van der Waals surface area (Å²) in [6.07, 6.45) is 8.27. The Balaban J connectivity index is 1.46. The summed E-state index contributed by atoms with van der Waals surface area (Å²) in [4.78, 5) is 14.7. The van der Waals surface area contributed by atoms with Crippen LogP contribution in [-0.2, 0) is 4.79 Å². The van der Waals surface area contributed by atoms with E-state index in [1.807, 2.05) is 0 Å². The van der Waals surface area contributed by atoms with Crippen LogP contribution in [0.1, 0.15) is 65.7 Å². The van der Waals surface area contributed by atoms with Gasteiger partial charge in [0.2, 0.25) is 5.91 Å².